The summed E-state index contributed by atoms with van der Waals surface area (Å²) in [5, 5.41) is 7.50. The van der Waals surface area contributed by atoms with Gasteiger partial charge in [-0.05, 0) is 66.3 Å². The quantitative estimate of drug-likeness (QED) is 0.572. The van der Waals surface area contributed by atoms with Crippen LogP contribution < -0.4 is 15.5 Å². The van der Waals surface area contributed by atoms with Crippen molar-refractivity contribution < 1.29 is 4.79 Å². The number of urea groups is 1. The van der Waals surface area contributed by atoms with Gasteiger partial charge in [-0.1, -0.05) is 6.07 Å². The van der Waals surface area contributed by atoms with Crippen molar-refractivity contribution in [2.24, 2.45) is 9.98 Å². The van der Waals surface area contributed by atoms with Gasteiger partial charge in [0.2, 0.25) is 0 Å². The molecular weight excluding hydrogens is 376 g/mol. The number of hydrogen-bond donors (Lipinski definition) is 3. The summed E-state index contributed by atoms with van der Waals surface area (Å²) in [6.45, 7) is 6.83. The number of amides is 2. The van der Waals surface area contributed by atoms with Gasteiger partial charge in [-0.3, -0.25) is 0 Å². The molecule has 0 unspecified atom stereocenters. The van der Waals surface area contributed by atoms with E-state index in [2.05, 4.69) is 75.8 Å². The Morgan fingerprint density at radius 3 is 2.87 bits per heavy atom. The third-order valence-electron chi connectivity index (χ3n) is 5.72. The number of benzene rings is 2. The van der Waals surface area contributed by atoms with Crippen LogP contribution in [-0.2, 0) is 6.54 Å². The third kappa shape index (κ3) is 3.37. The Kier molecular flexibility index (Phi) is 4.59. The Morgan fingerprint density at radius 1 is 1.10 bits per heavy atom. The average molecular weight is 400 g/mol. The molecule has 2 amide bonds. The van der Waals surface area contributed by atoms with E-state index < -0.39 is 0 Å². The summed E-state index contributed by atoms with van der Waals surface area (Å²) in [5.41, 5.74) is 7.54. The van der Waals surface area contributed by atoms with Crippen LogP contribution in [0.25, 0.3) is 10.9 Å². The van der Waals surface area contributed by atoms with Gasteiger partial charge in [0.05, 0.1) is 17.9 Å². The Hall–Kier alpha value is -3.45. The Balaban J connectivity index is 1.34. The maximum Gasteiger partial charge on any atom is 0.343 e. The van der Waals surface area contributed by atoms with Crippen molar-refractivity contribution >= 4 is 39.9 Å². The second-order valence-corrected chi connectivity index (χ2v) is 7.81. The smallest absolute Gasteiger partial charge is 0.343 e. The van der Waals surface area contributed by atoms with E-state index in [1.54, 1.807) is 0 Å². The number of nitrogens with zero attached hydrogens (tertiary/aromatic N) is 3. The van der Waals surface area contributed by atoms with Crippen molar-refractivity contribution in [3.63, 3.8) is 0 Å². The van der Waals surface area contributed by atoms with E-state index in [0.717, 1.165) is 35.7 Å². The van der Waals surface area contributed by atoms with Gasteiger partial charge in [-0.15, -0.1) is 0 Å². The molecule has 7 heteroatoms. The summed E-state index contributed by atoms with van der Waals surface area (Å²) in [7, 11) is 0. The van der Waals surface area contributed by atoms with Gasteiger partial charge >= 0.3 is 6.03 Å². The second-order valence-electron chi connectivity index (χ2n) is 7.81. The number of nitrogens with one attached hydrogen (secondary N) is 3. The molecule has 0 radical (unpaired) electrons. The van der Waals surface area contributed by atoms with Gasteiger partial charge < -0.3 is 20.5 Å². The van der Waals surface area contributed by atoms with Gasteiger partial charge in [-0.25, -0.2) is 9.79 Å². The third-order valence-corrected chi connectivity index (χ3v) is 5.72. The molecule has 5 rings (SSSR count). The van der Waals surface area contributed by atoms with E-state index in [-0.39, 0.29) is 6.03 Å². The molecule has 152 valence electrons. The lowest BCUT2D eigenvalue weighted by atomic mass is 10.0. The predicted octanol–water partition coefficient (Wildman–Crippen LogP) is 3.59. The second kappa shape index (κ2) is 7.42. The molecule has 2 aliphatic heterocycles. The van der Waals surface area contributed by atoms with Crippen LogP contribution in [0.4, 0.5) is 16.2 Å². The highest BCUT2D eigenvalue weighted by atomic mass is 16.2. The maximum absolute atomic E-state index is 11.9. The van der Waals surface area contributed by atoms with Crippen molar-refractivity contribution in [1.82, 2.24) is 15.6 Å². The van der Waals surface area contributed by atoms with E-state index in [0.29, 0.717) is 18.9 Å². The van der Waals surface area contributed by atoms with Gasteiger partial charge in [0.1, 0.15) is 5.71 Å². The Morgan fingerprint density at radius 2 is 1.97 bits per heavy atom. The zero-order chi connectivity index (χ0) is 20.7. The molecule has 0 spiro atoms. The first kappa shape index (κ1) is 18.6. The highest BCUT2D eigenvalue weighted by Crippen LogP contribution is 2.35. The van der Waals surface area contributed by atoms with Crippen molar-refractivity contribution in [2.45, 2.75) is 20.4 Å². The van der Waals surface area contributed by atoms with Crippen LogP contribution in [0.3, 0.4) is 0 Å². The number of hydrogen-bond acceptors (Lipinski definition) is 4. The predicted molar refractivity (Wildman–Crippen MR) is 121 cm³/mol. The number of amidine groups is 1. The highest BCUT2D eigenvalue weighted by Gasteiger charge is 2.30. The largest absolute Gasteiger partial charge is 0.361 e. The summed E-state index contributed by atoms with van der Waals surface area (Å²) < 4.78 is 0. The first-order valence-electron chi connectivity index (χ1n) is 10.2. The van der Waals surface area contributed by atoms with Crippen LogP contribution in [0, 0.1) is 13.8 Å². The highest BCUT2D eigenvalue weighted by molar-refractivity contribution is 6.51. The van der Waals surface area contributed by atoms with Crippen LogP contribution in [0.5, 0.6) is 0 Å². The Labute approximate surface area is 174 Å². The lowest BCUT2D eigenvalue weighted by Crippen LogP contribution is -2.50. The molecule has 0 atom stereocenters. The van der Waals surface area contributed by atoms with Crippen molar-refractivity contribution in [1.29, 1.82) is 0 Å². The normalized spacial score (nSPS) is 15.4. The van der Waals surface area contributed by atoms with Gasteiger partial charge in [0.25, 0.3) is 0 Å². The summed E-state index contributed by atoms with van der Waals surface area (Å²) in [4.78, 5) is 26.2. The number of aryl methyl sites for hydroxylation is 2. The minimum atomic E-state index is -0.311. The minimum absolute atomic E-state index is 0.311. The monoisotopic (exact) mass is 400 g/mol. The van der Waals surface area contributed by atoms with Crippen LogP contribution >= 0.6 is 0 Å². The molecule has 30 heavy (non-hydrogen) atoms. The maximum atomic E-state index is 11.9. The molecule has 3 heterocycles. The summed E-state index contributed by atoms with van der Waals surface area (Å²) >= 11 is 0. The van der Waals surface area contributed by atoms with Crippen LogP contribution in [0.2, 0.25) is 0 Å². The number of rotatable bonds is 5. The first-order valence-corrected chi connectivity index (χ1v) is 10.2. The molecule has 2 aliphatic rings. The molecule has 0 fully saturated rings. The minimum Gasteiger partial charge on any atom is -0.361 e. The lowest BCUT2D eigenvalue weighted by Gasteiger charge is -2.33. The van der Waals surface area contributed by atoms with E-state index in [1.165, 1.54) is 22.1 Å². The molecule has 0 saturated heterocycles. The van der Waals surface area contributed by atoms with Crippen molar-refractivity contribution in [3.05, 3.63) is 59.3 Å². The van der Waals surface area contributed by atoms with Gasteiger partial charge in [0.15, 0.2) is 5.84 Å². The SMILES string of the molecule is Cc1cc2c(cc1C)N(CCNCc1ccc3[nH]ccc3c1)C1=NC(=O)NCC1=N2. The number of fused-ring (bicyclic) bond motifs is 3. The number of anilines is 1. The number of aromatic amines is 1. The molecule has 7 nitrogen and oxygen atoms in total. The number of aliphatic imine (C=N–C) groups is 2. The van der Waals surface area contributed by atoms with E-state index in [4.69, 9.17) is 4.99 Å². The fourth-order valence-corrected chi connectivity index (χ4v) is 3.96. The fraction of sp³-hybridized carbons (Fsp3) is 0.261. The number of H-pyrrole nitrogens is 1. The van der Waals surface area contributed by atoms with Crippen LogP contribution in [-0.4, -0.2) is 42.2 Å². The van der Waals surface area contributed by atoms with Crippen LogP contribution in [0.1, 0.15) is 16.7 Å². The zero-order valence-corrected chi connectivity index (χ0v) is 17.1. The van der Waals surface area contributed by atoms with E-state index >= 15 is 0 Å². The first-order chi connectivity index (χ1) is 14.6. The molecule has 0 saturated carbocycles. The number of aromatic nitrogens is 1. The number of carbonyl (C=O) groups is 1. The fourth-order valence-electron chi connectivity index (χ4n) is 3.96. The summed E-state index contributed by atoms with van der Waals surface area (Å²) in [6.07, 6.45) is 1.96. The molecule has 1 aromatic heterocycles. The molecule has 3 aromatic rings. The molecule has 0 bridgehead atoms. The van der Waals surface area contributed by atoms with Crippen LogP contribution in [0.15, 0.2) is 52.6 Å². The molecule has 0 aliphatic carbocycles. The van der Waals surface area contributed by atoms with Gasteiger partial charge in [0, 0.05) is 31.3 Å². The van der Waals surface area contributed by atoms with Crippen molar-refractivity contribution in [3.8, 4) is 0 Å². The summed E-state index contributed by atoms with van der Waals surface area (Å²) in [5.74, 6) is 0.657. The van der Waals surface area contributed by atoms with E-state index in [9.17, 15) is 4.79 Å². The zero-order valence-electron chi connectivity index (χ0n) is 17.1. The Bertz CT molecular complexity index is 1210. The number of carbonyl (C=O) groups excluding carboxylic acids is 1. The molecule has 2 aromatic carbocycles. The van der Waals surface area contributed by atoms with Gasteiger partial charge in [-0.2, -0.15) is 4.99 Å². The summed E-state index contributed by atoms with van der Waals surface area (Å²) in [6, 6.07) is 12.5. The average Bonchev–Trinajstić information content (AvgIpc) is 3.20. The molecule has 3 N–H and O–H groups in total. The lowest BCUT2D eigenvalue weighted by molar-refractivity contribution is 0.250. The standard InChI is InChI=1S/C23H24N6O/c1-14-9-19-21(10-15(14)2)29(22-20(27-19)13-26-23(30)28-22)8-7-24-12-16-3-4-18-17(11-16)5-6-25-18/h3-6,9-11,24-25H,7-8,12-13H2,1-2H3,(H,26,30). The molecular formula is C23H24N6O. The topological polar surface area (TPSA) is 84.9 Å². The van der Waals surface area contributed by atoms with Crippen molar-refractivity contribution in [2.75, 3.05) is 24.5 Å². The van der Waals surface area contributed by atoms with E-state index in [1.807, 2.05) is 6.20 Å².